The summed E-state index contributed by atoms with van der Waals surface area (Å²) in [5.41, 5.74) is 0.703. The van der Waals surface area contributed by atoms with E-state index in [1.165, 1.54) is 0 Å². The quantitative estimate of drug-likeness (QED) is 0.907. The highest BCUT2D eigenvalue weighted by Crippen LogP contribution is 2.38. The van der Waals surface area contributed by atoms with Crippen LogP contribution in [0, 0.1) is 0 Å². The zero-order valence-electron chi connectivity index (χ0n) is 11.2. The van der Waals surface area contributed by atoms with Gasteiger partial charge in [0.2, 0.25) is 0 Å². The van der Waals surface area contributed by atoms with Crippen LogP contribution in [0.5, 0.6) is 0 Å². The summed E-state index contributed by atoms with van der Waals surface area (Å²) >= 11 is 0.431. The lowest BCUT2D eigenvalue weighted by Crippen LogP contribution is -2.13. The highest BCUT2D eigenvalue weighted by Gasteiger charge is 2.36. The Bertz CT molecular complexity index is 571. The van der Waals surface area contributed by atoms with Crippen LogP contribution in [0.15, 0.2) is 36.5 Å². The zero-order valence-corrected chi connectivity index (χ0v) is 12.0. The largest absolute Gasteiger partial charge is 0.443 e. The van der Waals surface area contributed by atoms with E-state index in [1.807, 2.05) is 6.07 Å². The Morgan fingerprint density at radius 1 is 1.29 bits per heavy atom. The number of alkyl halides is 3. The fourth-order valence-electron chi connectivity index (χ4n) is 1.90. The van der Waals surface area contributed by atoms with Crippen molar-refractivity contribution in [2.24, 2.45) is 0 Å². The summed E-state index contributed by atoms with van der Waals surface area (Å²) in [6.07, 6.45) is -5.37. The van der Waals surface area contributed by atoms with Gasteiger partial charge in [-0.05, 0) is 12.5 Å². The second-order valence-electron chi connectivity index (χ2n) is 4.30. The fraction of sp³-hybridized carbons (Fsp3) is 0.357. The molecule has 0 saturated carbocycles. The number of hydrogen-bond donors (Lipinski definition) is 1. The predicted octanol–water partition coefficient (Wildman–Crippen LogP) is 3.97. The van der Waals surface area contributed by atoms with Gasteiger partial charge in [0.1, 0.15) is 12.2 Å². The summed E-state index contributed by atoms with van der Waals surface area (Å²) in [6, 6.07) is 8.89. The second kappa shape index (κ2) is 6.55. The Balaban J connectivity index is 2.26. The summed E-state index contributed by atoms with van der Waals surface area (Å²) in [5, 5.41) is 9.35. The summed E-state index contributed by atoms with van der Waals surface area (Å²) < 4.78 is 43.2. The second-order valence-corrected chi connectivity index (χ2v) is 5.36. The highest BCUT2D eigenvalue weighted by molar-refractivity contribution is 7.11. The van der Waals surface area contributed by atoms with Gasteiger partial charge in [-0.15, -0.1) is 11.3 Å². The summed E-state index contributed by atoms with van der Waals surface area (Å²) in [4.78, 5) is 3.45. The average molecular weight is 317 g/mol. The molecule has 114 valence electrons. The summed E-state index contributed by atoms with van der Waals surface area (Å²) in [7, 11) is 0. The molecule has 0 saturated heterocycles. The number of rotatable bonds is 5. The summed E-state index contributed by atoms with van der Waals surface area (Å²) in [5.74, 6) is 0. The number of benzene rings is 1. The number of aliphatic hydroxyl groups excluding tert-OH is 1. The first-order valence-corrected chi connectivity index (χ1v) is 7.12. The molecule has 0 bridgehead atoms. The maximum atomic E-state index is 12.6. The van der Waals surface area contributed by atoms with Crippen LogP contribution in [0.2, 0.25) is 0 Å². The summed E-state index contributed by atoms with van der Waals surface area (Å²) in [6.45, 7) is 2.10. The van der Waals surface area contributed by atoms with Crippen molar-refractivity contribution in [1.29, 1.82) is 0 Å². The van der Waals surface area contributed by atoms with Gasteiger partial charge in [-0.3, -0.25) is 0 Å². The molecule has 2 unspecified atom stereocenters. The predicted molar refractivity (Wildman–Crippen MR) is 72.9 cm³/mol. The van der Waals surface area contributed by atoms with Crippen LogP contribution in [0.4, 0.5) is 13.2 Å². The lowest BCUT2D eigenvalue weighted by molar-refractivity contribution is -0.137. The van der Waals surface area contributed by atoms with E-state index in [9.17, 15) is 18.3 Å². The van der Waals surface area contributed by atoms with Gasteiger partial charge in [0, 0.05) is 12.8 Å². The molecule has 0 fully saturated rings. The Morgan fingerprint density at radius 2 is 1.95 bits per heavy atom. The number of nitrogens with zero attached hydrogens (tertiary/aromatic N) is 1. The Labute approximate surface area is 124 Å². The van der Waals surface area contributed by atoms with E-state index < -0.39 is 23.4 Å². The molecule has 1 aromatic heterocycles. The molecule has 3 nitrogen and oxygen atoms in total. The molecular weight excluding hydrogens is 303 g/mol. The van der Waals surface area contributed by atoms with Crippen LogP contribution in [-0.2, 0) is 10.9 Å². The molecule has 0 radical (unpaired) electrons. The van der Waals surface area contributed by atoms with Crippen molar-refractivity contribution in [2.45, 2.75) is 25.3 Å². The molecule has 1 aromatic carbocycles. The minimum atomic E-state index is -4.50. The van der Waals surface area contributed by atoms with E-state index >= 15 is 0 Å². The number of aromatic nitrogens is 1. The van der Waals surface area contributed by atoms with Crippen molar-refractivity contribution in [1.82, 2.24) is 4.98 Å². The molecule has 0 spiro atoms. The maximum Gasteiger partial charge on any atom is 0.443 e. The first-order valence-electron chi connectivity index (χ1n) is 6.31. The normalized spacial score (nSPS) is 14.9. The van der Waals surface area contributed by atoms with Crippen LogP contribution in [-0.4, -0.2) is 16.7 Å². The zero-order chi connectivity index (χ0) is 15.5. The lowest BCUT2D eigenvalue weighted by atomic mass is 10.0. The monoisotopic (exact) mass is 317 g/mol. The average Bonchev–Trinajstić information content (AvgIpc) is 2.95. The van der Waals surface area contributed by atoms with Gasteiger partial charge in [-0.25, -0.2) is 4.98 Å². The molecule has 1 N–H and O–H groups in total. The van der Waals surface area contributed by atoms with E-state index in [0.29, 0.717) is 23.5 Å². The Morgan fingerprint density at radius 3 is 2.48 bits per heavy atom. The fourth-order valence-corrected chi connectivity index (χ4v) is 2.69. The third-order valence-electron chi connectivity index (χ3n) is 2.82. The van der Waals surface area contributed by atoms with Crippen LogP contribution in [0.3, 0.4) is 0 Å². The van der Waals surface area contributed by atoms with Crippen molar-refractivity contribution in [3.63, 3.8) is 0 Å². The van der Waals surface area contributed by atoms with Crippen LogP contribution in [0.25, 0.3) is 0 Å². The first kappa shape index (κ1) is 15.9. The van der Waals surface area contributed by atoms with Crippen molar-refractivity contribution in [2.75, 3.05) is 6.61 Å². The molecule has 21 heavy (non-hydrogen) atoms. The van der Waals surface area contributed by atoms with Crippen molar-refractivity contribution in [3.8, 4) is 0 Å². The number of halogens is 3. The van der Waals surface area contributed by atoms with Crippen LogP contribution in [0.1, 0.15) is 34.6 Å². The maximum absolute atomic E-state index is 12.6. The Kier molecular flexibility index (Phi) is 4.97. The minimum absolute atomic E-state index is 0.129. The van der Waals surface area contributed by atoms with Gasteiger partial charge in [0.25, 0.3) is 0 Å². The van der Waals surface area contributed by atoms with E-state index in [2.05, 4.69) is 4.98 Å². The molecule has 2 atom stereocenters. The number of hydrogen-bond acceptors (Lipinski definition) is 4. The lowest BCUT2D eigenvalue weighted by Gasteiger charge is -2.22. The topological polar surface area (TPSA) is 42.4 Å². The molecule has 7 heteroatoms. The smallest absolute Gasteiger partial charge is 0.384 e. The van der Waals surface area contributed by atoms with Gasteiger partial charge < -0.3 is 9.84 Å². The molecule has 2 aromatic rings. The molecule has 2 rings (SSSR count). The third kappa shape index (κ3) is 3.81. The SMILES string of the molecule is CCOC(c1ccccc1)C(O)c1cnc(C(F)(F)F)s1. The van der Waals surface area contributed by atoms with Crippen LogP contribution >= 0.6 is 11.3 Å². The molecule has 0 amide bonds. The minimum Gasteiger partial charge on any atom is -0.384 e. The molecular formula is C14H14F3NO2S. The number of aliphatic hydroxyl groups is 1. The standard InChI is InChI=1S/C14H14F3NO2S/c1-2-20-12(9-6-4-3-5-7-9)11(19)10-8-18-13(21-10)14(15,16)17/h3-8,11-12,19H,2H2,1H3. The van der Waals surface area contributed by atoms with E-state index in [4.69, 9.17) is 4.74 Å². The van der Waals surface area contributed by atoms with Gasteiger partial charge in [-0.1, -0.05) is 30.3 Å². The van der Waals surface area contributed by atoms with E-state index in [-0.39, 0.29) is 4.88 Å². The van der Waals surface area contributed by atoms with Crippen LogP contribution < -0.4 is 0 Å². The van der Waals surface area contributed by atoms with Gasteiger partial charge >= 0.3 is 6.18 Å². The molecule has 0 aliphatic rings. The first-order chi connectivity index (χ1) is 9.93. The number of ether oxygens (including phenoxy) is 1. The highest BCUT2D eigenvalue weighted by atomic mass is 32.1. The van der Waals surface area contributed by atoms with Crippen molar-refractivity contribution in [3.05, 3.63) is 52.0 Å². The van der Waals surface area contributed by atoms with E-state index in [1.54, 1.807) is 31.2 Å². The molecule has 1 heterocycles. The Hall–Kier alpha value is -1.44. The van der Waals surface area contributed by atoms with Crippen molar-refractivity contribution >= 4 is 11.3 Å². The van der Waals surface area contributed by atoms with Gasteiger partial charge in [0.15, 0.2) is 5.01 Å². The molecule has 0 aliphatic heterocycles. The van der Waals surface area contributed by atoms with Crippen molar-refractivity contribution < 1.29 is 23.0 Å². The van der Waals surface area contributed by atoms with Gasteiger partial charge in [0.05, 0.1) is 4.88 Å². The molecule has 0 aliphatic carbocycles. The number of thiazole rings is 1. The third-order valence-corrected chi connectivity index (χ3v) is 3.93. The van der Waals surface area contributed by atoms with E-state index in [0.717, 1.165) is 6.20 Å². The van der Waals surface area contributed by atoms with Gasteiger partial charge in [-0.2, -0.15) is 13.2 Å².